The Kier molecular flexibility index (Phi) is 4.45. The molecule has 3 heterocycles. The minimum Gasteiger partial charge on any atom is -0.466 e. The fourth-order valence-corrected chi connectivity index (χ4v) is 2.69. The van der Waals surface area contributed by atoms with E-state index in [0.717, 1.165) is 12.8 Å². The van der Waals surface area contributed by atoms with Gasteiger partial charge in [-0.1, -0.05) is 5.16 Å². The molecule has 0 spiro atoms. The van der Waals surface area contributed by atoms with Crippen molar-refractivity contribution < 1.29 is 23.3 Å². The van der Waals surface area contributed by atoms with E-state index in [1.807, 2.05) is 0 Å². The average Bonchev–Trinajstić information content (AvgIpc) is 3.25. The summed E-state index contributed by atoms with van der Waals surface area (Å²) in [5, 5.41) is 3.81. The van der Waals surface area contributed by atoms with Crippen molar-refractivity contribution in [1.82, 2.24) is 10.1 Å². The zero-order valence-corrected chi connectivity index (χ0v) is 12.9. The Morgan fingerprint density at radius 1 is 1.43 bits per heavy atom. The molecule has 0 saturated carbocycles. The molecule has 0 radical (unpaired) electrons. The molecular formula is C16H18N2O5. The van der Waals surface area contributed by atoms with E-state index in [4.69, 9.17) is 13.7 Å². The van der Waals surface area contributed by atoms with Crippen LogP contribution in [0.15, 0.2) is 33.4 Å². The Labute approximate surface area is 133 Å². The summed E-state index contributed by atoms with van der Waals surface area (Å²) in [7, 11) is 0. The maximum Gasteiger partial charge on any atom is 0.310 e. The molecule has 1 amide bonds. The summed E-state index contributed by atoms with van der Waals surface area (Å²) in [6.45, 7) is 3.06. The zero-order valence-electron chi connectivity index (χ0n) is 12.9. The number of carbonyl (C=O) groups is 2. The number of likely N-dealkylation sites (tertiary alicyclic amines) is 1. The van der Waals surface area contributed by atoms with Crippen LogP contribution in [0.4, 0.5) is 0 Å². The van der Waals surface area contributed by atoms with Crippen molar-refractivity contribution in [2.24, 2.45) is 5.92 Å². The molecule has 2 aromatic heterocycles. The summed E-state index contributed by atoms with van der Waals surface area (Å²) in [4.78, 5) is 26.0. The summed E-state index contributed by atoms with van der Waals surface area (Å²) in [6.07, 6.45) is 3.02. The number of nitrogens with zero attached hydrogens (tertiary/aromatic N) is 2. The minimum absolute atomic E-state index is 0.209. The largest absolute Gasteiger partial charge is 0.466 e. The number of esters is 1. The predicted octanol–water partition coefficient (Wildman–Crippen LogP) is 2.35. The SMILES string of the molecule is CCOC(=O)[C@H]1CCCN(C(=O)c2cc(-c3ccco3)on2)C1. The summed E-state index contributed by atoms with van der Waals surface area (Å²) in [6, 6.07) is 5.01. The van der Waals surface area contributed by atoms with Gasteiger partial charge >= 0.3 is 5.97 Å². The van der Waals surface area contributed by atoms with Crippen molar-refractivity contribution in [3.8, 4) is 11.5 Å². The molecule has 1 saturated heterocycles. The van der Waals surface area contributed by atoms with Gasteiger partial charge in [-0.15, -0.1) is 0 Å². The second-order valence-electron chi connectivity index (χ2n) is 5.40. The molecule has 1 atom stereocenters. The van der Waals surface area contributed by atoms with E-state index in [-0.39, 0.29) is 23.5 Å². The van der Waals surface area contributed by atoms with Crippen molar-refractivity contribution in [3.63, 3.8) is 0 Å². The number of amides is 1. The van der Waals surface area contributed by atoms with Gasteiger partial charge in [0, 0.05) is 19.2 Å². The second-order valence-corrected chi connectivity index (χ2v) is 5.40. The lowest BCUT2D eigenvalue weighted by Gasteiger charge is -2.30. The molecule has 1 fully saturated rings. The van der Waals surface area contributed by atoms with Gasteiger partial charge in [-0.05, 0) is 31.9 Å². The van der Waals surface area contributed by atoms with E-state index in [1.165, 1.54) is 6.26 Å². The first kappa shape index (κ1) is 15.3. The standard InChI is InChI=1S/C16H18N2O5/c1-2-21-16(20)11-5-3-7-18(10-11)15(19)12-9-14(23-17-12)13-6-4-8-22-13/h4,6,8-9,11H,2-3,5,7,10H2,1H3/t11-/m0/s1. The average molecular weight is 318 g/mol. The third-order valence-corrected chi connectivity index (χ3v) is 3.82. The van der Waals surface area contributed by atoms with Crippen LogP contribution >= 0.6 is 0 Å². The molecule has 0 unspecified atom stereocenters. The van der Waals surface area contributed by atoms with Crippen LogP contribution in [-0.4, -0.2) is 41.6 Å². The molecule has 1 aliphatic rings. The van der Waals surface area contributed by atoms with E-state index in [2.05, 4.69) is 5.16 Å². The highest BCUT2D eigenvalue weighted by Gasteiger charge is 2.31. The summed E-state index contributed by atoms with van der Waals surface area (Å²) in [5.41, 5.74) is 0.209. The Bertz CT molecular complexity index is 676. The van der Waals surface area contributed by atoms with Crippen molar-refractivity contribution in [2.75, 3.05) is 19.7 Å². The van der Waals surface area contributed by atoms with Gasteiger partial charge in [0.05, 0.1) is 18.8 Å². The van der Waals surface area contributed by atoms with Crippen molar-refractivity contribution in [2.45, 2.75) is 19.8 Å². The maximum atomic E-state index is 12.5. The monoisotopic (exact) mass is 318 g/mol. The number of hydrogen-bond donors (Lipinski definition) is 0. The minimum atomic E-state index is -0.274. The summed E-state index contributed by atoms with van der Waals surface area (Å²) < 4.78 is 15.4. The molecule has 0 N–H and O–H groups in total. The smallest absolute Gasteiger partial charge is 0.310 e. The van der Waals surface area contributed by atoms with Gasteiger partial charge in [-0.2, -0.15) is 0 Å². The lowest BCUT2D eigenvalue weighted by Crippen LogP contribution is -2.42. The van der Waals surface area contributed by atoms with Crippen LogP contribution in [0.2, 0.25) is 0 Å². The van der Waals surface area contributed by atoms with Crippen LogP contribution in [0.25, 0.3) is 11.5 Å². The van der Waals surface area contributed by atoms with Crippen LogP contribution in [0, 0.1) is 5.92 Å². The van der Waals surface area contributed by atoms with Crippen molar-refractivity contribution in [1.29, 1.82) is 0 Å². The fourth-order valence-electron chi connectivity index (χ4n) is 2.69. The van der Waals surface area contributed by atoms with Crippen LogP contribution in [-0.2, 0) is 9.53 Å². The molecule has 0 bridgehead atoms. The molecule has 2 aromatic rings. The van der Waals surface area contributed by atoms with E-state index >= 15 is 0 Å². The van der Waals surface area contributed by atoms with Gasteiger partial charge < -0.3 is 18.6 Å². The Morgan fingerprint density at radius 2 is 2.30 bits per heavy atom. The van der Waals surface area contributed by atoms with Crippen LogP contribution in [0.3, 0.4) is 0 Å². The van der Waals surface area contributed by atoms with E-state index in [1.54, 1.807) is 30.0 Å². The maximum absolute atomic E-state index is 12.5. The molecular weight excluding hydrogens is 300 g/mol. The number of rotatable bonds is 4. The van der Waals surface area contributed by atoms with Gasteiger partial charge in [-0.25, -0.2) is 0 Å². The zero-order chi connectivity index (χ0) is 16.2. The van der Waals surface area contributed by atoms with Gasteiger partial charge in [0.2, 0.25) is 5.76 Å². The molecule has 23 heavy (non-hydrogen) atoms. The Hall–Kier alpha value is -2.57. The Balaban J connectivity index is 1.69. The highest BCUT2D eigenvalue weighted by atomic mass is 16.5. The number of ether oxygens (including phenoxy) is 1. The first-order chi connectivity index (χ1) is 11.2. The summed E-state index contributed by atoms with van der Waals surface area (Å²) >= 11 is 0. The number of aromatic nitrogens is 1. The molecule has 0 aliphatic carbocycles. The van der Waals surface area contributed by atoms with Crippen molar-refractivity contribution in [3.05, 3.63) is 30.2 Å². The van der Waals surface area contributed by atoms with Gasteiger partial charge in [0.15, 0.2) is 11.5 Å². The molecule has 3 rings (SSSR count). The van der Waals surface area contributed by atoms with E-state index < -0.39 is 0 Å². The normalized spacial score (nSPS) is 18.0. The van der Waals surface area contributed by atoms with Crippen molar-refractivity contribution >= 4 is 11.9 Å². The quantitative estimate of drug-likeness (QED) is 0.804. The van der Waals surface area contributed by atoms with Gasteiger partial charge in [-0.3, -0.25) is 9.59 Å². The van der Waals surface area contributed by atoms with Crippen LogP contribution < -0.4 is 0 Å². The molecule has 0 aromatic carbocycles. The van der Waals surface area contributed by atoms with Gasteiger partial charge in [0.25, 0.3) is 5.91 Å². The number of hydrogen-bond acceptors (Lipinski definition) is 6. The predicted molar refractivity (Wildman–Crippen MR) is 79.5 cm³/mol. The highest BCUT2D eigenvalue weighted by molar-refractivity contribution is 5.93. The lowest BCUT2D eigenvalue weighted by atomic mass is 9.98. The van der Waals surface area contributed by atoms with E-state index in [9.17, 15) is 9.59 Å². The third-order valence-electron chi connectivity index (χ3n) is 3.82. The molecule has 1 aliphatic heterocycles. The third kappa shape index (κ3) is 3.28. The first-order valence-corrected chi connectivity index (χ1v) is 7.65. The van der Waals surface area contributed by atoms with Crippen LogP contribution in [0.5, 0.6) is 0 Å². The summed E-state index contributed by atoms with van der Waals surface area (Å²) in [5.74, 6) is 0.142. The number of piperidine rings is 1. The molecule has 7 nitrogen and oxygen atoms in total. The molecule has 122 valence electrons. The highest BCUT2D eigenvalue weighted by Crippen LogP contribution is 2.23. The topological polar surface area (TPSA) is 85.8 Å². The number of carbonyl (C=O) groups excluding carboxylic acids is 2. The second kappa shape index (κ2) is 6.68. The first-order valence-electron chi connectivity index (χ1n) is 7.65. The van der Waals surface area contributed by atoms with E-state index in [0.29, 0.717) is 31.2 Å². The fraction of sp³-hybridized carbons (Fsp3) is 0.438. The lowest BCUT2D eigenvalue weighted by molar-refractivity contribution is -0.149. The number of furan rings is 1. The van der Waals surface area contributed by atoms with Gasteiger partial charge in [0.1, 0.15) is 0 Å². The Morgan fingerprint density at radius 3 is 3.04 bits per heavy atom. The molecule has 7 heteroatoms. The van der Waals surface area contributed by atoms with Crippen LogP contribution in [0.1, 0.15) is 30.3 Å².